The first-order valence-corrected chi connectivity index (χ1v) is 10.4. The van der Waals surface area contributed by atoms with E-state index in [1.165, 1.54) is 0 Å². The van der Waals surface area contributed by atoms with E-state index in [1.807, 2.05) is 54.6 Å². The predicted octanol–water partition coefficient (Wildman–Crippen LogP) is 5.67. The van der Waals surface area contributed by atoms with Crippen molar-refractivity contribution in [2.45, 2.75) is 45.8 Å². The monoisotopic (exact) mass is 407 g/mol. The van der Waals surface area contributed by atoms with Crippen LogP contribution in [0.3, 0.4) is 0 Å². The largest absolute Gasteiger partial charge is 0.489 e. The Kier molecular flexibility index (Phi) is 7.22. The first-order chi connectivity index (χ1) is 14.3. The summed E-state index contributed by atoms with van der Waals surface area (Å²) in [6, 6.07) is 17.9. The zero-order valence-electron chi connectivity index (χ0n) is 18.0. The number of alkyl halides is 1. The smallest absolute Gasteiger partial charge is 0.131 e. The van der Waals surface area contributed by atoms with E-state index in [0.717, 1.165) is 40.1 Å². The molecule has 0 saturated heterocycles. The predicted molar refractivity (Wildman–Crippen MR) is 120 cm³/mol. The van der Waals surface area contributed by atoms with Gasteiger partial charge >= 0.3 is 0 Å². The molecule has 0 atom stereocenters. The van der Waals surface area contributed by atoms with Crippen molar-refractivity contribution in [3.05, 3.63) is 82.9 Å². The molecular formula is C26H30FNO2. The maximum atomic E-state index is 14.8. The zero-order chi connectivity index (χ0) is 21.6. The highest BCUT2D eigenvalue weighted by atomic mass is 19.1. The van der Waals surface area contributed by atoms with E-state index in [4.69, 9.17) is 4.74 Å². The fraction of sp³-hybridized carbons (Fsp3) is 0.346. The molecule has 3 rings (SSSR count). The SMILES string of the molecule is CC(=O)CCNCc1ccc(OCC2=CC(c3ccccc3)=C(C(C)(C)F)C2)cc1. The summed E-state index contributed by atoms with van der Waals surface area (Å²) in [5.41, 5.74) is 3.65. The van der Waals surface area contributed by atoms with E-state index in [1.54, 1.807) is 20.8 Å². The molecule has 1 aliphatic carbocycles. The van der Waals surface area contributed by atoms with Crippen molar-refractivity contribution < 1.29 is 13.9 Å². The Labute approximate surface area is 178 Å². The molecule has 1 N–H and O–H groups in total. The van der Waals surface area contributed by atoms with E-state index in [-0.39, 0.29) is 5.78 Å². The average molecular weight is 408 g/mol. The number of rotatable bonds is 10. The molecule has 0 aromatic heterocycles. The van der Waals surface area contributed by atoms with Crippen molar-refractivity contribution >= 4 is 11.4 Å². The van der Waals surface area contributed by atoms with E-state index in [0.29, 0.717) is 26.0 Å². The minimum Gasteiger partial charge on any atom is -0.489 e. The Morgan fingerprint density at radius 3 is 2.43 bits per heavy atom. The number of ketones is 1. The number of halogens is 1. The molecule has 0 spiro atoms. The fourth-order valence-corrected chi connectivity index (χ4v) is 3.54. The molecule has 0 unspecified atom stereocenters. The second-order valence-corrected chi connectivity index (χ2v) is 8.27. The molecule has 3 nitrogen and oxygen atoms in total. The number of carbonyl (C=O) groups excluding carboxylic acids is 1. The minimum atomic E-state index is -1.37. The third-order valence-electron chi connectivity index (χ3n) is 5.21. The van der Waals surface area contributed by atoms with Gasteiger partial charge in [0.2, 0.25) is 0 Å². The summed E-state index contributed by atoms with van der Waals surface area (Å²) in [4.78, 5) is 11.0. The molecule has 0 aliphatic heterocycles. The quantitative estimate of drug-likeness (QED) is 0.516. The molecule has 158 valence electrons. The van der Waals surface area contributed by atoms with Crippen LogP contribution in [0.5, 0.6) is 5.75 Å². The number of allylic oxidation sites excluding steroid dienone is 3. The van der Waals surface area contributed by atoms with Gasteiger partial charge in [0, 0.05) is 19.5 Å². The number of nitrogens with one attached hydrogen (secondary N) is 1. The van der Waals surface area contributed by atoms with Gasteiger partial charge in [0.1, 0.15) is 23.8 Å². The number of carbonyl (C=O) groups is 1. The highest BCUT2D eigenvalue weighted by Crippen LogP contribution is 2.40. The fourth-order valence-electron chi connectivity index (χ4n) is 3.54. The van der Waals surface area contributed by atoms with Crippen LogP contribution in [0.1, 0.15) is 44.7 Å². The molecule has 0 radical (unpaired) electrons. The van der Waals surface area contributed by atoms with Gasteiger partial charge in [-0.2, -0.15) is 0 Å². The zero-order valence-corrected chi connectivity index (χ0v) is 18.0. The molecule has 1 aliphatic rings. The molecular weight excluding hydrogens is 377 g/mol. The van der Waals surface area contributed by atoms with Crippen LogP contribution in [-0.4, -0.2) is 24.6 Å². The number of benzene rings is 2. The number of hydrogen-bond donors (Lipinski definition) is 1. The summed E-state index contributed by atoms with van der Waals surface area (Å²) in [5.74, 6) is 0.981. The second-order valence-electron chi connectivity index (χ2n) is 8.27. The van der Waals surface area contributed by atoms with Crippen molar-refractivity contribution in [2.75, 3.05) is 13.2 Å². The number of ether oxygens (including phenoxy) is 1. The summed E-state index contributed by atoms with van der Waals surface area (Å²) < 4.78 is 20.8. The van der Waals surface area contributed by atoms with Gasteiger partial charge in [0.25, 0.3) is 0 Å². The Hall–Kier alpha value is -2.72. The van der Waals surface area contributed by atoms with E-state index in [9.17, 15) is 9.18 Å². The first kappa shape index (κ1) is 22.0. The van der Waals surface area contributed by atoms with Crippen LogP contribution < -0.4 is 10.1 Å². The summed E-state index contributed by atoms with van der Waals surface area (Å²) in [5, 5.41) is 3.26. The lowest BCUT2D eigenvalue weighted by atomic mass is 9.92. The van der Waals surface area contributed by atoms with Gasteiger partial charge in [-0.15, -0.1) is 0 Å². The normalized spacial score (nSPS) is 14.1. The Bertz CT molecular complexity index is 922. The molecule has 0 amide bonds. The van der Waals surface area contributed by atoms with Crippen molar-refractivity contribution in [1.82, 2.24) is 5.32 Å². The van der Waals surface area contributed by atoms with Gasteiger partial charge < -0.3 is 10.1 Å². The highest BCUT2D eigenvalue weighted by Gasteiger charge is 2.30. The van der Waals surface area contributed by atoms with Gasteiger partial charge in [-0.25, -0.2) is 4.39 Å². The van der Waals surface area contributed by atoms with Gasteiger partial charge in [-0.1, -0.05) is 48.5 Å². The standard InChI is InChI=1S/C26H30FNO2/c1-19(29)13-14-28-17-20-9-11-23(12-10-20)30-18-21-15-24(22-7-5-4-6-8-22)25(16-21)26(2,3)27/h4-12,15,28H,13-14,16-18H2,1-3H3. The summed E-state index contributed by atoms with van der Waals surface area (Å²) >= 11 is 0. The number of hydrogen-bond acceptors (Lipinski definition) is 3. The lowest BCUT2D eigenvalue weighted by Crippen LogP contribution is -2.17. The molecule has 2 aromatic carbocycles. The Morgan fingerprint density at radius 1 is 1.10 bits per heavy atom. The summed E-state index contributed by atoms with van der Waals surface area (Å²) in [7, 11) is 0. The van der Waals surface area contributed by atoms with Crippen molar-refractivity contribution in [3.63, 3.8) is 0 Å². The highest BCUT2D eigenvalue weighted by molar-refractivity contribution is 5.82. The van der Waals surface area contributed by atoms with Gasteiger partial charge in [-0.3, -0.25) is 4.79 Å². The lowest BCUT2D eigenvalue weighted by Gasteiger charge is -2.19. The van der Waals surface area contributed by atoms with Crippen molar-refractivity contribution in [1.29, 1.82) is 0 Å². The van der Waals surface area contributed by atoms with Crippen LogP contribution in [0.4, 0.5) is 4.39 Å². The summed E-state index contributed by atoms with van der Waals surface area (Å²) in [6.07, 6.45) is 3.21. The van der Waals surface area contributed by atoms with Crippen LogP contribution in [0.2, 0.25) is 0 Å². The molecule has 4 heteroatoms. The van der Waals surface area contributed by atoms with E-state index < -0.39 is 5.67 Å². The minimum absolute atomic E-state index is 0.191. The maximum absolute atomic E-state index is 14.8. The van der Waals surface area contributed by atoms with Crippen molar-refractivity contribution in [3.8, 4) is 5.75 Å². The molecule has 0 saturated carbocycles. The van der Waals surface area contributed by atoms with Crippen LogP contribution in [0.15, 0.2) is 71.8 Å². The molecule has 0 fully saturated rings. The van der Waals surface area contributed by atoms with Crippen LogP contribution in [0, 0.1) is 0 Å². The molecule has 0 heterocycles. The third kappa shape index (κ3) is 6.14. The van der Waals surface area contributed by atoms with Gasteiger partial charge in [0.15, 0.2) is 0 Å². The van der Waals surface area contributed by atoms with Gasteiger partial charge in [-0.05, 0) is 67.2 Å². The third-order valence-corrected chi connectivity index (χ3v) is 5.21. The Balaban J connectivity index is 1.58. The van der Waals surface area contributed by atoms with Crippen LogP contribution in [-0.2, 0) is 11.3 Å². The average Bonchev–Trinajstić information content (AvgIpc) is 3.16. The second kappa shape index (κ2) is 9.86. The van der Waals surface area contributed by atoms with E-state index in [2.05, 4.69) is 11.4 Å². The first-order valence-electron chi connectivity index (χ1n) is 10.4. The topological polar surface area (TPSA) is 38.3 Å². The Morgan fingerprint density at radius 2 is 1.80 bits per heavy atom. The molecule has 0 bridgehead atoms. The molecule has 2 aromatic rings. The summed E-state index contributed by atoms with van der Waals surface area (Å²) in [6.45, 7) is 6.68. The lowest BCUT2D eigenvalue weighted by molar-refractivity contribution is -0.116. The van der Waals surface area contributed by atoms with Crippen LogP contribution >= 0.6 is 0 Å². The van der Waals surface area contributed by atoms with E-state index >= 15 is 0 Å². The van der Waals surface area contributed by atoms with Crippen molar-refractivity contribution in [2.24, 2.45) is 0 Å². The maximum Gasteiger partial charge on any atom is 0.131 e. The van der Waals surface area contributed by atoms with Gasteiger partial charge in [0.05, 0.1) is 0 Å². The van der Waals surface area contributed by atoms with Crippen LogP contribution in [0.25, 0.3) is 5.57 Å². The number of Topliss-reactive ketones (excluding diaryl/α,β-unsaturated/α-hetero) is 1. The molecule has 30 heavy (non-hydrogen) atoms.